The smallest absolute Gasteiger partial charge is 0.410 e. The molecule has 0 saturated heterocycles. The maximum absolute atomic E-state index is 12.6. The summed E-state index contributed by atoms with van der Waals surface area (Å²) < 4.78 is 69.6. The molecule has 0 aromatic heterocycles. The van der Waals surface area contributed by atoms with E-state index in [-0.39, 0.29) is 12.4 Å². The molecule has 176 valence electrons. The first-order valence-electron chi connectivity index (χ1n) is 10.4. The van der Waals surface area contributed by atoms with Crippen molar-refractivity contribution in [2.75, 3.05) is 26.5 Å². The predicted octanol–water partition coefficient (Wildman–Crippen LogP) is 5.09. The Kier molecular flexibility index (Phi) is 9.17. The molecule has 1 aromatic carbocycles. The van der Waals surface area contributed by atoms with E-state index in [1.165, 1.54) is 4.90 Å². The number of hydrogen-bond acceptors (Lipinski definition) is 5. The molecule has 0 unspecified atom stereocenters. The molecule has 1 amide bonds. The first kappa shape index (κ1) is 25.5. The van der Waals surface area contributed by atoms with Gasteiger partial charge in [-0.05, 0) is 55.4 Å². The van der Waals surface area contributed by atoms with Gasteiger partial charge >= 0.3 is 12.3 Å². The summed E-state index contributed by atoms with van der Waals surface area (Å²) >= 11 is 0. The van der Waals surface area contributed by atoms with E-state index >= 15 is 0 Å². The summed E-state index contributed by atoms with van der Waals surface area (Å²) in [6.07, 6.45) is 2.78. The molecule has 10 heteroatoms. The van der Waals surface area contributed by atoms with Gasteiger partial charge in [-0.2, -0.15) is 21.6 Å². The minimum Gasteiger partial charge on any atom is -0.410 e. The lowest BCUT2D eigenvalue weighted by atomic mass is 9.79. The number of amides is 1. The molecule has 0 aliphatic heterocycles. The van der Waals surface area contributed by atoms with E-state index in [1.54, 1.807) is 7.05 Å². The summed E-state index contributed by atoms with van der Waals surface area (Å²) in [7, 11) is -1.76. The molecule has 0 heterocycles. The number of carbonyl (C=O) groups is 1. The van der Waals surface area contributed by atoms with E-state index < -0.39 is 28.0 Å². The molecule has 0 spiro atoms. The molecular formula is C21H30F3NO5S. The predicted molar refractivity (Wildman–Crippen MR) is 110 cm³/mol. The molecule has 0 N–H and O–H groups in total. The van der Waals surface area contributed by atoms with Crippen molar-refractivity contribution in [3.05, 3.63) is 29.8 Å². The zero-order chi connectivity index (χ0) is 23.1. The summed E-state index contributed by atoms with van der Waals surface area (Å²) in [5.41, 5.74) is -0.792. The quantitative estimate of drug-likeness (QED) is 0.375. The molecule has 0 radical (unpaired) electrons. The maximum Gasteiger partial charge on any atom is 0.416 e. The lowest BCUT2D eigenvalue weighted by Crippen LogP contribution is -2.32. The van der Waals surface area contributed by atoms with Crippen molar-refractivity contribution in [1.29, 1.82) is 0 Å². The Morgan fingerprint density at radius 1 is 1.06 bits per heavy atom. The van der Waals surface area contributed by atoms with E-state index in [0.29, 0.717) is 18.4 Å². The standard InChI is InChI=1S/C21H30F3NO5S/c1-25(20(26)30-19-11-9-18(10-12-19)21(22,23)24)14-13-17-7-5-16(6-8-17)4-3-15-29-31(2,27)28/h9-12,16-17H,3-8,13-15H2,1-2H3/t16-,17-. The fraction of sp³-hybridized carbons (Fsp3) is 0.667. The highest BCUT2D eigenvalue weighted by Gasteiger charge is 2.30. The van der Waals surface area contributed by atoms with Gasteiger partial charge in [0.05, 0.1) is 18.4 Å². The number of rotatable bonds is 9. The Morgan fingerprint density at radius 3 is 2.13 bits per heavy atom. The second kappa shape index (κ2) is 11.2. The van der Waals surface area contributed by atoms with Crippen molar-refractivity contribution in [3.63, 3.8) is 0 Å². The van der Waals surface area contributed by atoms with E-state index in [2.05, 4.69) is 0 Å². The largest absolute Gasteiger partial charge is 0.416 e. The molecule has 6 nitrogen and oxygen atoms in total. The summed E-state index contributed by atoms with van der Waals surface area (Å²) in [5, 5.41) is 0. The lowest BCUT2D eigenvalue weighted by Gasteiger charge is -2.29. The molecule has 1 aliphatic rings. The molecule has 31 heavy (non-hydrogen) atoms. The highest BCUT2D eigenvalue weighted by molar-refractivity contribution is 7.85. The van der Waals surface area contributed by atoms with Crippen molar-refractivity contribution >= 4 is 16.2 Å². The van der Waals surface area contributed by atoms with Crippen LogP contribution in [0.25, 0.3) is 0 Å². The van der Waals surface area contributed by atoms with Gasteiger partial charge in [-0.25, -0.2) is 4.79 Å². The first-order chi connectivity index (χ1) is 14.4. The Hall–Kier alpha value is -1.81. The van der Waals surface area contributed by atoms with Crippen LogP contribution < -0.4 is 4.74 Å². The second-order valence-electron chi connectivity index (χ2n) is 8.16. The number of alkyl halides is 3. The van der Waals surface area contributed by atoms with Crippen LogP contribution in [0.1, 0.15) is 50.5 Å². The number of nitrogens with zero attached hydrogens (tertiary/aromatic N) is 1. The van der Waals surface area contributed by atoms with E-state index in [4.69, 9.17) is 8.92 Å². The highest BCUT2D eigenvalue weighted by Crippen LogP contribution is 2.33. The van der Waals surface area contributed by atoms with Crippen LogP contribution in [-0.4, -0.2) is 45.9 Å². The average Bonchev–Trinajstić information content (AvgIpc) is 2.69. The third-order valence-corrected chi connectivity index (χ3v) is 6.19. The molecule has 1 aromatic rings. The Balaban J connectivity index is 1.65. The van der Waals surface area contributed by atoms with Crippen LogP contribution in [0.15, 0.2) is 24.3 Å². The van der Waals surface area contributed by atoms with E-state index in [1.807, 2.05) is 0 Å². The number of carbonyl (C=O) groups excluding carboxylic acids is 1. The third kappa shape index (κ3) is 9.47. The topological polar surface area (TPSA) is 72.9 Å². The monoisotopic (exact) mass is 465 g/mol. The maximum atomic E-state index is 12.6. The third-order valence-electron chi connectivity index (χ3n) is 5.59. The van der Waals surface area contributed by atoms with Gasteiger partial charge in [-0.3, -0.25) is 4.18 Å². The van der Waals surface area contributed by atoms with Crippen LogP contribution in [0, 0.1) is 11.8 Å². The first-order valence-corrected chi connectivity index (χ1v) is 12.2. The van der Waals surface area contributed by atoms with Crippen molar-refractivity contribution in [2.24, 2.45) is 11.8 Å². The van der Waals surface area contributed by atoms with Crippen LogP contribution in [0.3, 0.4) is 0 Å². The molecule has 1 fully saturated rings. The molecule has 0 atom stereocenters. The summed E-state index contributed by atoms with van der Waals surface area (Å²) in [5.74, 6) is 1.15. The second-order valence-corrected chi connectivity index (χ2v) is 9.80. The van der Waals surface area contributed by atoms with Crippen molar-refractivity contribution in [3.8, 4) is 5.75 Å². The fourth-order valence-corrected chi connectivity index (χ4v) is 4.17. The SMILES string of the molecule is CN(CC[C@H]1CC[C@H](CCCOS(C)(=O)=O)CC1)C(=O)Oc1ccc(C(F)(F)F)cc1. The van der Waals surface area contributed by atoms with Crippen molar-refractivity contribution < 1.29 is 35.3 Å². The van der Waals surface area contributed by atoms with Crippen molar-refractivity contribution in [2.45, 2.75) is 51.1 Å². The molecular weight excluding hydrogens is 435 g/mol. The van der Waals surface area contributed by atoms with Gasteiger partial charge in [0.1, 0.15) is 5.75 Å². The summed E-state index contributed by atoms with van der Waals surface area (Å²) in [6, 6.07) is 4.04. The summed E-state index contributed by atoms with van der Waals surface area (Å²) in [4.78, 5) is 13.6. The Bertz CT molecular complexity index is 803. The molecule has 0 bridgehead atoms. The highest BCUT2D eigenvalue weighted by atomic mass is 32.2. The van der Waals surface area contributed by atoms with Crippen LogP contribution in [0.2, 0.25) is 0 Å². The summed E-state index contributed by atoms with van der Waals surface area (Å²) in [6.45, 7) is 0.738. The number of ether oxygens (including phenoxy) is 1. The molecule has 1 aliphatic carbocycles. The van der Waals surface area contributed by atoms with Gasteiger partial charge in [0.15, 0.2) is 0 Å². The van der Waals surface area contributed by atoms with Crippen LogP contribution >= 0.6 is 0 Å². The minimum atomic E-state index is -4.43. The van der Waals surface area contributed by atoms with Gasteiger partial charge in [0.25, 0.3) is 10.1 Å². The van der Waals surface area contributed by atoms with Gasteiger partial charge in [0, 0.05) is 13.6 Å². The Morgan fingerprint density at radius 2 is 1.61 bits per heavy atom. The van der Waals surface area contributed by atoms with Crippen LogP contribution in [-0.2, 0) is 20.5 Å². The van der Waals surface area contributed by atoms with Gasteiger partial charge < -0.3 is 9.64 Å². The number of hydrogen-bond donors (Lipinski definition) is 0. The zero-order valence-electron chi connectivity index (χ0n) is 17.9. The number of benzene rings is 1. The molecule has 2 rings (SSSR count). The van der Waals surface area contributed by atoms with Crippen molar-refractivity contribution in [1.82, 2.24) is 4.90 Å². The van der Waals surface area contributed by atoms with Gasteiger partial charge in [-0.1, -0.05) is 25.7 Å². The zero-order valence-corrected chi connectivity index (χ0v) is 18.7. The van der Waals surface area contributed by atoms with Crippen LogP contribution in [0.4, 0.5) is 18.0 Å². The number of halogens is 3. The Labute approximate surface area is 181 Å². The average molecular weight is 466 g/mol. The minimum absolute atomic E-state index is 0.0743. The van der Waals surface area contributed by atoms with E-state index in [9.17, 15) is 26.4 Å². The normalized spacial score (nSPS) is 19.8. The van der Waals surface area contributed by atoms with Gasteiger partial charge in [0.2, 0.25) is 0 Å². The van der Waals surface area contributed by atoms with E-state index in [0.717, 1.165) is 75.5 Å². The molecule has 1 saturated carbocycles. The van der Waals surface area contributed by atoms with Gasteiger partial charge in [-0.15, -0.1) is 0 Å². The fourth-order valence-electron chi connectivity index (χ4n) is 3.75. The van der Waals surface area contributed by atoms with Crippen LogP contribution in [0.5, 0.6) is 5.75 Å². The lowest BCUT2D eigenvalue weighted by molar-refractivity contribution is -0.137.